The number of carbonyl (C=O) groups is 2. The smallest absolute Gasteiger partial charge is 0.330 e. The van der Waals surface area contributed by atoms with Gasteiger partial charge in [-0.3, -0.25) is 0 Å². The summed E-state index contributed by atoms with van der Waals surface area (Å²) in [6.45, 7) is 12.0. The van der Waals surface area contributed by atoms with Crippen molar-refractivity contribution in [1.29, 1.82) is 0 Å². The SMILES string of the molecule is C=CC(=O)OCCCCCC.C=CC(=O)OCCCCCC. The second-order valence-electron chi connectivity index (χ2n) is 4.86. The Balaban J connectivity index is 0. The Morgan fingerprint density at radius 1 is 0.727 bits per heavy atom. The van der Waals surface area contributed by atoms with Gasteiger partial charge in [0, 0.05) is 12.2 Å². The molecule has 0 N–H and O–H groups in total. The molecule has 0 fully saturated rings. The average Bonchev–Trinajstić information content (AvgIpc) is 2.54. The summed E-state index contributed by atoms with van der Waals surface area (Å²) < 4.78 is 9.56. The van der Waals surface area contributed by atoms with Crippen molar-refractivity contribution >= 4 is 11.9 Å². The highest BCUT2D eigenvalue weighted by Crippen LogP contribution is 1.99. The standard InChI is InChI=1S/2C9H16O2/c2*1-3-5-6-7-8-11-9(10)4-2/h2*4H,2-3,5-8H2,1H3. The van der Waals surface area contributed by atoms with E-state index in [0.717, 1.165) is 25.7 Å². The summed E-state index contributed by atoms with van der Waals surface area (Å²) in [6.07, 6.45) is 11.4. The molecule has 0 unspecified atom stereocenters. The van der Waals surface area contributed by atoms with Crippen LogP contribution in [0.3, 0.4) is 0 Å². The first-order valence-corrected chi connectivity index (χ1v) is 8.20. The van der Waals surface area contributed by atoms with E-state index in [1.807, 2.05) is 0 Å². The molecule has 0 rings (SSSR count). The fourth-order valence-electron chi connectivity index (χ4n) is 1.52. The van der Waals surface area contributed by atoms with Gasteiger partial charge < -0.3 is 9.47 Å². The van der Waals surface area contributed by atoms with Crippen molar-refractivity contribution in [2.45, 2.75) is 65.2 Å². The van der Waals surface area contributed by atoms with Crippen LogP contribution in [0, 0.1) is 0 Å². The normalized spacial score (nSPS) is 9.18. The molecule has 0 aliphatic rings. The van der Waals surface area contributed by atoms with Gasteiger partial charge in [0.2, 0.25) is 0 Å². The highest BCUT2D eigenvalue weighted by Gasteiger charge is 1.94. The van der Waals surface area contributed by atoms with Crippen molar-refractivity contribution in [3.05, 3.63) is 25.3 Å². The molecule has 0 spiro atoms. The molecule has 4 heteroatoms. The van der Waals surface area contributed by atoms with E-state index in [1.54, 1.807) is 0 Å². The van der Waals surface area contributed by atoms with Crippen LogP contribution in [0.5, 0.6) is 0 Å². The van der Waals surface area contributed by atoms with Gasteiger partial charge >= 0.3 is 11.9 Å². The molecule has 0 aliphatic carbocycles. The Morgan fingerprint density at radius 2 is 1.09 bits per heavy atom. The first kappa shape index (κ1) is 22.7. The van der Waals surface area contributed by atoms with E-state index in [9.17, 15) is 9.59 Å². The van der Waals surface area contributed by atoms with E-state index in [-0.39, 0.29) is 11.9 Å². The zero-order chi connectivity index (χ0) is 17.1. The lowest BCUT2D eigenvalue weighted by Crippen LogP contribution is -2.01. The minimum Gasteiger partial charge on any atom is -0.463 e. The van der Waals surface area contributed by atoms with Crippen LogP contribution in [-0.2, 0) is 19.1 Å². The largest absolute Gasteiger partial charge is 0.463 e. The zero-order valence-corrected chi connectivity index (χ0v) is 14.3. The molecule has 0 amide bonds. The number of ether oxygens (including phenoxy) is 2. The number of unbranched alkanes of at least 4 members (excludes halogenated alkanes) is 6. The number of hydrogen-bond donors (Lipinski definition) is 0. The third-order valence-electron chi connectivity index (χ3n) is 2.82. The molecule has 0 aliphatic heterocycles. The molecule has 0 aromatic heterocycles. The van der Waals surface area contributed by atoms with Crippen LogP contribution in [0.2, 0.25) is 0 Å². The van der Waals surface area contributed by atoms with E-state index in [0.29, 0.717) is 13.2 Å². The summed E-state index contributed by atoms with van der Waals surface area (Å²) in [6, 6.07) is 0. The number of hydrogen-bond acceptors (Lipinski definition) is 4. The number of rotatable bonds is 12. The Hall–Kier alpha value is -1.58. The van der Waals surface area contributed by atoms with Gasteiger partial charge in [0.05, 0.1) is 13.2 Å². The van der Waals surface area contributed by atoms with Crippen LogP contribution in [0.25, 0.3) is 0 Å². The maximum Gasteiger partial charge on any atom is 0.330 e. The molecule has 0 radical (unpaired) electrons. The summed E-state index contributed by atoms with van der Waals surface area (Å²) in [5, 5.41) is 0. The fourth-order valence-corrected chi connectivity index (χ4v) is 1.52. The lowest BCUT2D eigenvalue weighted by Gasteiger charge is -1.99. The molecule has 0 atom stereocenters. The summed E-state index contributed by atoms with van der Waals surface area (Å²) in [4.78, 5) is 21.0. The molecule has 0 aromatic carbocycles. The van der Waals surface area contributed by atoms with Crippen LogP contribution < -0.4 is 0 Å². The Bertz CT molecular complexity index is 267. The van der Waals surface area contributed by atoms with Crippen LogP contribution in [0.15, 0.2) is 25.3 Å². The fraction of sp³-hybridized carbons (Fsp3) is 0.667. The van der Waals surface area contributed by atoms with Gasteiger partial charge in [-0.1, -0.05) is 65.5 Å². The molecule has 0 saturated heterocycles. The van der Waals surface area contributed by atoms with Crippen LogP contribution in [-0.4, -0.2) is 25.2 Å². The monoisotopic (exact) mass is 312 g/mol. The van der Waals surface area contributed by atoms with E-state index in [2.05, 4.69) is 27.0 Å². The third kappa shape index (κ3) is 20.7. The Kier molecular flexibility index (Phi) is 20.0. The first-order valence-electron chi connectivity index (χ1n) is 8.20. The van der Waals surface area contributed by atoms with Crippen LogP contribution in [0.1, 0.15) is 65.2 Å². The summed E-state index contributed by atoms with van der Waals surface area (Å²) in [5.41, 5.74) is 0. The molecular weight excluding hydrogens is 280 g/mol. The van der Waals surface area contributed by atoms with Gasteiger partial charge in [-0.2, -0.15) is 0 Å². The van der Waals surface area contributed by atoms with Crippen molar-refractivity contribution in [3.63, 3.8) is 0 Å². The summed E-state index contributed by atoms with van der Waals surface area (Å²) in [7, 11) is 0. The van der Waals surface area contributed by atoms with Crippen molar-refractivity contribution < 1.29 is 19.1 Å². The van der Waals surface area contributed by atoms with E-state index in [4.69, 9.17) is 9.47 Å². The van der Waals surface area contributed by atoms with Gasteiger partial charge in [-0.25, -0.2) is 9.59 Å². The maximum absolute atomic E-state index is 10.5. The molecule has 0 aromatic rings. The molecule has 0 saturated carbocycles. The molecule has 0 heterocycles. The maximum atomic E-state index is 10.5. The quantitative estimate of drug-likeness (QED) is 0.300. The Labute approximate surface area is 135 Å². The molecule has 128 valence electrons. The Morgan fingerprint density at radius 3 is 1.36 bits per heavy atom. The second-order valence-corrected chi connectivity index (χ2v) is 4.86. The highest BCUT2D eigenvalue weighted by molar-refractivity contribution is 5.81. The van der Waals surface area contributed by atoms with Gasteiger partial charge in [-0.15, -0.1) is 0 Å². The molecule has 4 nitrogen and oxygen atoms in total. The summed E-state index contributed by atoms with van der Waals surface area (Å²) >= 11 is 0. The molecule has 0 bridgehead atoms. The van der Waals surface area contributed by atoms with Crippen LogP contribution in [0.4, 0.5) is 0 Å². The molecular formula is C18H32O4. The topological polar surface area (TPSA) is 52.6 Å². The third-order valence-corrected chi connectivity index (χ3v) is 2.82. The minimum atomic E-state index is -0.318. The van der Waals surface area contributed by atoms with Crippen LogP contribution >= 0.6 is 0 Å². The zero-order valence-electron chi connectivity index (χ0n) is 14.3. The first-order chi connectivity index (χ1) is 10.6. The molecule has 22 heavy (non-hydrogen) atoms. The average molecular weight is 312 g/mol. The highest BCUT2D eigenvalue weighted by atomic mass is 16.5. The van der Waals surface area contributed by atoms with Gasteiger partial charge in [-0.05, 0) is 12.8 Å². The van der Waals surface area contributed by atoms with Crippen molar-refractivity contribution in [2.24, 2.45) is 0 Å². The second kappa shape index (κ2) is 19.4. The van der Waals surface area contributed by atoms with Crippen molar-refractivity contribution in [1.82, 2.24) is 0 Å². The summed E-state index contributed by atoms with van der Waals surface area (Å²) in [5.74, 6) is -0.636. The number of carbonyl (C=O) groups excluding carboxylic acids is 2. The van der Waals surface area contributed by atoms with E-state index < -0.39 is 0 Å². The van der Waals surface area contributed by atoms with E-state index >= 15 is 0 Å². The number of esters is 2. The van der Waals surface area contributed by atoms with Gasteiger partial charge in [0.15, 0.2) is 0 Å². The lowest BCUT2D eigenvalue weighted by atomic mass is 10.2. The van der Waals surface area contributed by atoms with E-state index in [1.165, 1.54) is 37.8 Å². The van der Waals surface area contributed by atoms with Crippen molar-refractivity contribution in [2.75, 3.05) is 13.2 Å². The van der Waals surface area contributed by atoms with Crippen molar-refractivity contribution in [3.8, 4) is 0 Å². The van der Waals surface area contributed by atoms with Gasteiger partial charge in [0.1, 0.15) is 0 Å². The minimum absolute atomic E-state index is 0.318. The predicted molar refractivity (Wildman–Crippen MR) is 90.6 cm³/mol. The van der Waals surface area contributed by atoms with Gasteiger partial charge in [0.25, 0.3) is 0 Å². The lowest BCUT2D eigenvalue weighted by molar-refractivity contribution is -0.138. The predicted octanol–water partition coefficient (Wildman–Crippen LogP) is 4.59.